The molecule has 1 aliphatic carbocycles. The number of likely N-dealkylation sites (N-methyl/N-ethyl adjacent to an activating group) is 1. The predicted molar refractivity (Wildman–Crippen MR) is 83.7 cm³/mol. The number of fused-ring (bicyclic) bond motifs is 1. The van der Waals surface area contributed by atoms with E-state index in [1.807, 2.05) is 6.92 Å². The van der Waals surface area contributed by atoms with Gasteiger partial charge in [-0.05, 0) is 37.9 Å². The molecule has 0 saturated carbocycles. The van der Waals surface area contributed by atoms with Crippen LogP contribution in [0.1, 0.15) is 52.3 Å². The highest BCUT2D eigenvalue weighted by molar-refractivity contribution is 7.14. The largest absolute Gasteiger partial charge is 0.304 e. The first-order valence-corrected chi connectivity index (χ1v) is 8.59. The van der Waals surface area contributed by atoms with Crippen LogP contribution in [0, 0.1) is 0 Å². The summed E-state index contributed by atoms with van der Waals surface area (Å²) in [6, 6.07) is 2.76. The van der Waals surface area contributed by atoms with Gasteiger partial charge in [0.25, 0.3) is 0 Å². The van der Waals surface area contributed by atoms with E-state index in [0.29, 0.717) is 18.2 Å². The average molecular weight is 292 g/mol. The molecule has 0 amide bonds. The maximum Gasteiger partial charge on any atom is 0.172 e. The molecule has 1 aliphatic heterocycles. The molecule has 0 spiro atoms. The van der Waals surface area contributed by atoms with E-state index in [0.717, 1.165) is 31.1 Å². The summed E-state index contributed by atoms with van der Waals surface area (Å²) in [6.45, 7) is 6.60. The molecule has 0 radical (unpaired) electrons. The van der Waals surface area contributed by atoms with Crippen molar-refractivity contribution in [1.82, 2.24) is 9.80 Å². The third-order valence-electron chi connectivity index (χ3n) is 4.66. The van der Waals surface area contributed by atoms with E-state index in [9.17, 15) is 4.79 Å². The summed E-state index contributed by atoms with van der Waals surface area (Å²) < 4.78 is 0. The lowest BCUT2D eigenvalue weighted by molar-refractivity contribution is 0.0989. The van der Waals surface area contributed by atoms with Crippen LogP contribution in [0.2, 0.25) is 0 Å². The second-order valence-corrected chi connectivity index (χ2v) is 7.15. The Morgan fingerprint density at radius 2 is 2.10 bits per heavy atom. The standard InChI is InChI=1S/C16H24N2OS/c1-3-14(19)16-11-12-13(5-4-6-15(12)20-16)18-9-7-17(2)8-10-18/h11,13H,3-10H2,1-2H3. The van der Waals surface area contributed by atoms with Crippen molar-refractivity contribution in [3.63, 3.8) is 0 Å². The molecule has 110 valence electrons. The number of carbonyl (C=O) groups excluding carboxylic acids is 1. The van der Waals surface area contributed by atoms with Gasteiger partial charge in [-0.1, -0.05) is 6.92 Å². The third-order valence-corrected chi connectivity index (χ3v) is 5.91. The molecule has 20 heavy (non-hydrogen) atoms. The SMILES string of the molecule is CCC(=O)c1cc2c(s1)CCCC2N1CCN(C)CC1. The van der Waals surface area contributed by atoms with E-state index in [-0.39, 0.29) is 0 Å². The molecule has 1 unspecified atom stereocenters. The van der Waals surface area contributed by atoms with Gasteiger partial charge in [-0.3, -0.25) is 9.69 Å². The highest BCUT2D eigenvalue weighted by atomic mass is 32.1. The number of thiophene rings is 1. The molecule has 0 aromatic carbocycles. The Morgan fingerprint density at radius 3 is 2.80 bits per heavy atom. The lowest BCUT2D eigenvalue weighted by Crippen LogP contribution is -2.46. The van der Waals surface area contributed by atoms with Gasteiger partial charge in [0, 0.05) is 43.5 Å². The summed E-state index contributed by atoms with van der Waals surface area (Å²) >= 11 is 1.75. The highest BCUT2D eigenvalue weighted by Gasteiger charge is 2.30. The van der Waals surface area contributed by atoms with Gasteiger partial charge in [-0.2, -0.15) is 0 Å². The first-order chi connectivity index (χ1) is 9.69. The number of hydrogen-bond donors (Lipinski definition) is 0. The number of hydrogen-bond acceptors (Lipinski definition) is 4. The van der Waals surface area contributed by atoms with Crippen molar-refractivity contribution >= 4 is 17.1 Å². The molecule has 3 rings (SSSR count). The summed E-state index contributed by atoms with van der Waals surface area (Å²) in [5.74, 6) is 0.307. The van der Waals surface area contributed by atoms with Crippen molar-refractivity contribution in [1.29, 1.82) is 0 Å². The normalized spacial score (nSPS) is 24.6. The van der Waals surface area contributed by atoms with Crippen molar-refractivity contribution < 1.29 is 4.79 Å². The van der Waals surface area contributed by atoms with E-state index in [1.54, 1.807) is 11.3 Å². The van der Waals surface area contributed by atoms with Crippen LogP contribution in [0.4, 0.5) is 0 Å². The highest BCUT2D eigenvalue weighted by Crippen LogP contribution is 2.39. The minimum absolute atomic E-state index is 0.307. The monoisotopic (exact) mass is 292 g/mol. The first kappa shape index (κ1) is 14.2. The number of Topliss-reactive ketones (excluding diaryl/α,β-unsaturated/α-hetero) is 1. The number of aryl methyl sites for hydroxylation is 1. The molecular weight excluding hydrogens is 268 g/mol. The van der Waals surface area contributed by atoms with Gasteiger partial charge >= 0.3 is 0 Å². The minimum atomic E-state index is 0.307. The van der Waals surface area contributed by atoms with Gasteiger partial charge < -0.3 is 4.90 Å². The smallest absolute Gasteiger partial charge is 0.172 e. The molecule has 3 nitrogen and oxygen atoms in total. The van der Waals surface area contributed by atoms with Crippen molar-refractivity contribution in [2.24, 2.45) is 0 Å². The minimum Gasteiger partial charge on any atom is -0.304 e. The van der Waals surface area contributed by atoms with Gasteiger partial charge in [-0.25, -0.2) is 0 Å². The number of nitrogens with zero attached hydrogens (tertiary/aromatic N) is 2. The van der Waals surface area contributed by atoms with E-state index >= 15 is 0 Å². The van der Waals surface area contributed by atoms with Gasteiger partial charge in [0.2, 0.25) is 0 Å². The molecule has 1 saturated heterocycles. The number of piperazine rings is 1. The van der Waals surface area contributed by atoms with Crippen LogP contribution in [0.15, 0.2) is 6.07 Å². The number of ketones is 1. The van der Waals surface area contributed by atoms with Gasteiger partial charge in [0.1, 0.15) is 0 Å². The Bertz CT molecular complexity index is 489. The predicted octanol–water partition coefficient (Wildman–Crippen LogP) is 2.97. The van der Waals surface area contributed by atoms with E-state index in [1.165, 1.54) is 29.7 Å². The Kier molecular flexibility index (Phi) is 4.24. The van der Waals surface area contributed by atoms with Crippen molar-refractivity contribution in [2.75, 3.05) is 33.2 Å². The Balaban J connectivity index is 1.82. The fourth-order valence-corrected chi connectivity index (χ4v) is 4.62. The Morgan fingerprint density at radius 1 is 1.35 bits per heavy atom. The summed E-state index contributed by atoms with van der Waals surface area (Å²) in [6.07, 6.45) is 4.32. The molecule has 0 N–H and O–H groups in total. The molecule has 1 aromatic heterocycles. The molecule has 2 aliphatic rings. The zero-order valence-electron chi connectivity index (χ0n) is 12.5. The van der Waals surface area contributed by atoms with Crippen molar-refractivity contribution in [2.45, 2.75) is 38.6 Å². The molecular formula is C16H24N2OS. The summed E-state index contributed by atoms with van der Waals surface area (Å²) in [4.78, 5) is 19.4. The fraction of sp³-hybridized carbons (Fsp3) is 0.688. The lowest BCUT2D eigenvalue weighted by Gasteiger charge is -2.39. The fourth-order valence-electron chi connectivity index (χ4n) is 3.36. The second kappa shape index (κ2) is 5.96. The zero-order chi connectivity index (χ0) is 14.1. The van der Waals surface area contributed by atoms with E-state index in [2.05, 4.69) is 22.9 Å². The summed E-state index contributed by atoms with van der Waals surface area (Å²) in [5, 5.41) is 0. The molecule has 1 atom stereocenters. The Hall–Kier alpha value is -0.710. The van der Waals surface area contributed by atoms with Crippen LogP contribution >= 0.6 is 11.3 Å². The molecule has 2 heterocycles. The van der Waals surface area contributed by atoms with Gasteiger partial charge in [-0.15, -0.1) is 11.3 Å². The van der Waals surface area contributed by atoms with Crippen LogP contribution < -0.4 is 0 Å². The maximum atomic E-state index is 11.9. The lowest BCUT2D eigenvalue weighted by atomic mass is 9.91. The maximum absolute atomic E-state index is 11.9. The zero-order valence-corrected chi connectivity index (χ0v) is 13.3. The van der Waals surface area contributed by atoms with Gasteiger partial charge in [0.15, 0.2) is 5.78 Å². The van der Waals surface area contributed by atoms with Crippen LogP contribution in [0.3, 0.4) is 0 Å². The van der Waals surface area contributed by atoms with Crippen LogP contribution in [-0.2, 0) is 6.42 Å². The second-order valence-electron chi connectivity index (χ2n) is 6.01. The Labute approximate surface area is 125 Å². The van der Waals surface area contributed by atoms with Crippen LogP contribution in [-0.4, -0.2) is 48.8 Å². The first-order valence-electron chi connectivity index (χ1n) is 7.77. The van der Waals surface area contributed by atoms with Crippen molar-refractivity contribution in [3.05, 3.63) is 21.4 Å². The van der Waals surface area contributed by atoms with E-state index in [4.69, 9.17) is 0 Å². The number of carbonyl (C=O) groups is 1. The molecule has 1 aromatic rings. The molecule has 1 fully saturated rings. The topological polar surface area (TPSA) is 23.6 Å². The number of rotatable bonds is 3. The average Bonchev–Trinajstić information content (AvgIpc) is 2.91. The van der Waals surface area contributed by atoms with Gasteiger partial charge in [0.05, 0.1) is 4.88 Å². The van der Waals surface area contributed by atoms with Crippen LogP contribution in [0.25, 0.3) is 0 Å². The quantitative estimate of drug-likeness (QED) is 0.800. The van der Waals surface area contributed by atoms with Crippen LogP contribution in [0.5, 0.6) is 0 Å². The molecule has 4 heteroatoms. The van der Waals surface area contributed by atoms with Crippen molar-refractivity contribution in [3.8, 4) is 0 Å². The third kappa shape index (κ3) is 2.69. The molecule has 0 bridgehead atoms. The van der Waals surface area contributed by atoms with E-state index < -0.39 is 0 Å². The summed E-state index contributed by atoms with van der Waals surface area (Å²) in [5.41, 5.74) is 1.46. The summed E-state index contributed by atoms with van der Waals surface area (Å²) in [7, 11) is 2.20.